The summed E-state index contributed by atoms with van der Waals surface area (Å²) in [7, 11) is 0. The standard InChI is InChI=1S/C17H15NO/c1-11-6-8-13(9-7-11)17-15(10-19)14-5-3-4-12(2)16(14)18-17/h3-10,18H,1-2H3. The Bertz CT molecular complexity index is 751. The van der Waals surface area contributed by atoms with Crippen molar-refractivity contribution in [1.29, 1.82) is 0 Å². The number of aldehydes is 1. The summed E-state index contributed by atoms with van der Waals surface area (Å²) >= 11 is 0. The largest absolute Gasteiger partial charge is 0.354 e. The molecule has 0 bridgehead atoms. The molecule has 0 fully saturated rings. The normalized spacial score (nSPS) is 10.8. The molecule has 0 unspecified atom stereocenters. The number of aromatic amines is 1. The summed E-state index contributed by atoms with van der Waals surface area (Å²) in [6.07, 6.45) is 0.938. The third-order valence-electron chi connectivity index (χ3n) is 3.54. The topological polar surface area (TPSA) is 32.9 Å². The van der Waals surface area contributed by atoms with Gasteiger partial charge in [-0.15, -0.1) is 0 Å². The maximum atomic E-state index is 11.4. The molecule has 0 atom stereocenters. The number of hydrogen-bond donors (Lipinski definition) is 1. The molecule has 94 valence electrons. The van der Waals surface area contributed by atoms with E-state index in [9.17, 15) is 4.79 Å². The van der Waals surface area contributed by atoms with E-state index in [1.54, 1.807) is 0 Å². The van der Waals surface area contributed by atoms with Gasteiger partial charge in [0.05, 0.1) is 5.69 Å². The number of H-pyrrole nitrogens is 1. The van der Waals surface area contributed by atoms with Crippen LogP contribution in [0.15, 0.2) is 42.5 Å². The summed E-state index contributed by atoms with van der Waals surface area (Å²) in [5, 5.41) is 0.991. The fraction of sp³-hybridized carbons (Fsp3) is 0.118. The number of benzene rings is 2. The van der Waals surface area contributed by atoms with Crippen molar-refractivity contribution >= 4 is 17.2 Å². The van der Waals surface area contributed by atoms with Crippen molar-refractivity contribution in [3.8, 4) is 11.3 Å². The molecule has 0 aliphatic rings. The molecule has 3 rings (SSSR count). The monoisotopic (exact) mass is 249 g/mol. The van der Waals surface area contributed by atoms with Crippen LogP contribution in [0, 0.1) is 13.8 Å². The number of nitrogens with one attached hydrogen (secondary N) is 1. The minimum Gasteiger partial charge on any atom is -0.354 e. The van der Waals surface area contributed by atoms with Crippen LogP contribution in [0.2, 0.25) is 0 Å². The van der Waals surface area contributed by atoms with E-state index in [4.69, 9.17) is 0 Å². The van der Waals surface area contributed by atoms with E-state index in [-0.39, 0.29) is 0 Å². The Kier molecular flexibility index (Phi) is 2.71. The molecular formula is C17H15NO. The summed E-state index contributed by atoms with van der Waals surface area (Å²) in [6, 6.07) is 14.2. The number of hydrogen-bond acceptors (Lipinski definition) is 1. The fourth-order valence-corrected chi connectivity index (χ4v) is 2.46. The van der Waals surface area contributed by atoms with Gasteiger partial charge in [0.1, 0.15) is 0 Å². The van der Waals surface area contributed by atoms with Crippen molar-refractivity contribution in [3.63, 3.8) is 0 Å². The first kappa shape index (κ1) is 11.7. The van der Waals surface area contributed by atoms with Gasteiger partial charge in [0.2, 0.25) is 0 Å². The number of aryl methyl sites for hydroxylation is 2. The molecule has 0 spiro atoms. The molecular weight excluding hydrogens is 234 g/mol. The third kappa shape index (κ3) is 1.85. The first-order valence-corrected chi connectivity index (χ1v) is 6.34. The molecule has 0 saturated carbocycles. The van der Waals surface area contributed by atoms with Gasteiger partial charge in [-0.25, -0.2) is 0 Å². The van der Waals surface area contributed by atoms with Crippen molar-refractivity contribution in [1.82, 2.24) is 4.98 Å². The van der Waals surface area contributed by atoms with Crippen molar-refractivity contribution in [2.75, 3.05) is 0 Å². The van der Waals surface area contributed by atoms with Crippen LogP contribution in [0.1, 0.15) is 21.5 Å². The maximum Gasteiger partial charge on any atom is 0.152 e. The number of para-hydroxylation sites is 1. The zero-order valence-electron chi connectivity index (χ0n) is 11.0. The molecule has 0 radical (unpaired) electrons. The molecule has 2 heteroatoms. The average molecular weight is 249 g/mol. The Morgan fingerprint density at radius 1 is 1.00 bits per heavy atom. The highest BCUT2D eigenvalue weighted by molar-refractivity contribution is 6.05. The van der Waals surface area contributed by atoms with E-state index >= 15 is 0 Å². The lowest BCUT2D eigenvalue weighted by atomic mass is 10.0. The first-order chi connectivity index (χ1) is 9.20. The molecule has 0 saturated heterocycles. The van der Waals surface area contributed by atoms with Gasteiger partial charge in [0.25, 0.3) is 0 Å². The minimum absolute atomic E-state index is 0.738. The number of carbonyl (C=O) groups is 1. The number of aromatic nitrogens is 1. The average Bonchev–Trinajstić information content (AvgIpc) is 2.79. The smallest absolute Gasteiger partial charge is 0.152 e. The maximum absolute atomic E-state index is 11.4. The van der Waals surface area contributed by atoms with E-state index < -0.39 is 0 Å². The van der Waals surface area contributed by atoms with Crippen molar-refractivity contribution in [2.24, 2.45) is 0 Å². The van der Waals surface area contributed by atoms with Gasteiger partial charge < -0.3 is 4.98 Å². The minimum atomic E-state index is 0.738. The van der Waals surface area contributed by atoms with E-state index in [2.05, 4.69) is 24.0 Å². The van der Waals surface area contributed by atoms with E-state index in [1.165, 1.54) is 5.56 Å². The van der Waals surface area contributed by atoms with Gasteiger partial charge >= 0.3 is 0 Å². The SMILES string of the molecule is Cc1ccc(-c2[nH]c3c(C)cccc3c2C=O)cc1. The van der Waals surface area contributed by atoms with Gasteiger partial charge in [0, 0.05) is 16.5 Å². The number of fused-ring (bicyclic) bond motifs is 1. The lowest BCUT2D eigenvalue weighted by Crippen LogP contribution is -1.84. The molecule has 0 aliphatic carbocycles. The second-order valence-electron chi connectivity index (χ2n) is 4.90. The van der Waals surface area contributed by atoms with E-state index in [0.717, 1.165) is 39.6 Å². The van der Waals surface area contributed by atoms with Gasteiger partial charge in [-0.1, -0.05) is 48.0 Å². The van der Waals surface area contributed by atoms with Crippen LogP contribution in [0.5, 0.6) is 0 Å². The summed E-state index contributed by atoms with van der Waals surface area (Å²) in [5.74, 6) is 0. The van der Waals surface area contributed by atoms with Crippen LogP contribution in [0.3, 0.4) is 0 Å². The molecule has 1 N–H and O–H groups in total. The van der Waals surface area contributed by atoms with Crippen molar-refractivity contribution < 1.29 is 4.79 Å². The molecule has 19 heavy (non-hydrogen) atoms. The fourth-order valence-electron chi connectivity index (χ4n) is 2.46. The lowest BCUT2D eigenvalue weighted by Gasteiger charge is -2.00. The highest BCUT2D eigenvalue weighted by Crippen LogP contribution is 2.30. The molecule has 1 aromatic heterocycles. The molecule has 0 aliphatic heterocycles. The zero-order valence-corrected chi connectivity index (χ0v) is 11.0. The van der Waals surface area contributed by atoms with Crippen molar-refractivity contribution in [3.05, 3.63) is 59.2 Å². The highest BCUT2D eigenvalue weighted by atomic mass is 16.1. The second kappa shape index (κ2) is 4.39. The third-order valence-corrected chi connectivity index (χ3v) is 3.54. The lowest BCUT2D eigenvalue weighted by molar-refractivity contribution is 0.112. The zero-order chi connectivity index (χ0) is 13.4. The first-order valence-electron chi connectivity index (χ1n) is 6.34. The van der Waals surface area contributed by atoms with Gasteiger partial charge in [-0.2, -0.15) is 0 Å². The Morgan fingerprint density at radius 2 is 1.74 bits per heavy atom. The van der Waals surface area contributed by atoms with E-state index in [1.807, 2.05) is 37.3 Å². The predicted octanol–water partition coefficient (Wildman–Crippen LogP) is 4.26. The Hall–Kier alpha value is -2.35. The van der Waals surface area contributed by atoms with Crippen molar-refractivity contribution in [2.45, 2.75) is 13.8 Å². The predicted molar refractivity (Wildman–Crippen MR) is 78.6 cm³/mol. The van der Waals surface area contributed by atoms with Crippen LogP contribution >= 0.6 is 0 Å². The molecule has 1 heterocycles. The summed E-state index contributed by atoms with van der Waals surface area (Å²) < 4.78 is 0. The molecule has 2 aromatic carbocycles. The Labute approximate surface area is 112 Å². The Morgan fingerprint density at radius 3 is 2.42 bits per heavy atom. The van der Waals surface area contributed by atoms with Gasteiger partial charge in [-0.05, 0) is 25.0 Å². The summed E-state index contributed by atoms with van der Waals surface area (Å²) in [6.45, 7) is 4.10. The Balaban J connectivity index is 2.32. The quantitative estimate of drug-likeness (QED) is 0.676. The second-order valence-corrected chi connectivity index (χ2v) is 4.90. The number of rotatable bonds is 2. The van der Waals surface area contributed by atoms with Crippen LogP contribution < -0.4 is 0 Å². The highest BCUT2D eigenvalue weighted by Gasteiger charge is 2.13. The van der Waals surface area contributed by atoms with E-state index in [0.29, 0.717) is 0 Å². The van der Waals surface area contributed by atoms with Crippen LogP contribution in [0.25, 0.3) is 22.2 Å². The van der Waals surface area contributed by atoms with Gasteiger partial charge in [-0.3, -0.25) is 4.79 Å². The van der Waals surface area contributed by atoms with Gasteiger partial charge in [0.15, 0.2) is 6.29 Å². The van der Waals surface area contributed by atoms with Crippen LogP contribution in [-0.4, -0.2) is 11.3 Å². The summed E-state index contributed by atoms with van der Waals surface area (Å²) in [5.41, 5.74) is 6.09. The number of carbonyl (C=O) groups excluding carboxylic acids is 1. The molecule has 2 nitrogen and oxygen atoms in total. The molecule has 0 amide bonds. The van der Waals surface area contributed by atoms with Crippen LogP contribution in [0.4, 0.5) is 0 Å². The van der Waals surface area contributed by atoms with Crippen LogP contribution in [-0.2, 0) is 0 Å². The summed E-state index contributed by atoms with van der Waals surface area (Å²) in [4.78, 5) is 14.8. The molecule has 3 aromatic rings.